The normalized spacial score (nSPS) is 15.9. The summed E-state index contributed by atoms with van der Waals surface area (Å²) in [6.45, 7) is 5.27. The summed E-state index contributed by atoms with van der Waals surface area (Å²) in [7, 11) is 1.95. The van der Waals surface area contributed by atoms with Crippen molar-refractivity contribution in [2.24, 2.45) is 0 Å². The van der Waals surface area contributed by atoms with Crippen LogP contribution in [-0.4, -0.2) is 42.4 Å². The third-order valence-corrected chi connectivity index (χ3v) is 5.28. The number of benzene rings is 2. The van der Waals surface area contributed by atoms with Gasteiger partial charge in [-0.1, -0.05) is 54.6 Å². The second-order valence-electron chi connectivity index (χ2n) is 7.04. The van der Waals surface area contributed by atoms with Crippen LogP contribution in [0.5, 0.6) is 0 Å². The zero-order chi connectivity index (χ0) is 17.6. The number of hydrogen-bond acceptors (Lipinski definition) is 2. The topological polar surface area (TPSA) is 23.6 Å². The summed E-state index contributed by atoms with van der Waals surface area (Å²) in [6.07, 6.45) is 3.00. The van der Waals surface area contributed by atoms with Crippen molar-refractivity contribution in [3.8, 4) is 0 Å². The molecular weight excluding hydrogens is 308 g/mol. The third kappa shape index (κ3) is 4.49. The van der Waals surface area contributed by atoms with Crippen LogP contribution in [0.4, 0.5) is 0 Å². The fourth-order valence-electron chi connectivity index (χ4n) is 3.61. The van der Waals surface area contributed by atoms with Crippen molar-refractivity contribution < 1.29 is 4.79 Å². The molecule has 3 rings (SSSR count). The SMILES string of the molecule is Cc1ccccc1CC(=O)N(C)C(CN1CCCC1)c1ccccc1. The van der Waals surface area contributed by atoms with Gasteiger partial charge in [-0.2, -0.15) is 0 Å². The Morgan fingerprint density at radius 1 is 1.04 bits per heavy atom. The molecule has 1 aliphatic heterocycles. The molecule has 2 aromatic carbocycles. The summed E-state index contributed by atoms with van der Waals surface area (Å²) in [5.41, 5.74) is 3.52. The van der Waals surface area contributed by atoms with Crippen LogP contribution in [0.3, 0.4) is 0 Å². The number of amides is 1. The predicted molar refractivity (Wildman–Crippen MR) is 103 cm³/mol. The maximum Gasteiger partial charge on any atom is 0.227 e. The smallest absolute Gasteiger partial charge is 0.227 e. The Morgan fingerprint density at radius 2 is 1.68 bits per heavy atom. The summed E-state index contributed by atoms with van der Waals surface area (Å²) in [5.74, 6) is 0.183. The van der Waals surface area contributed by atoms with Crippen LogP contribution in [0.1, 0.15) is 35.6 Å². The standard InChI is InChI=1S/C22H28N2O/c1-18-10-6-7-13-20(18)16-22(25)23(2)21(17-24-14-8-9-15-24)19-11-4-3-5-12-19/h3-7,10-13,21H,8-9,14-17H2,1-2H3. The van der Waals surface area contributed by atoms with Crippen molar-refractivity contribution in [1.82, 2.24) is 9.80 Å². The fourth-order valence-corrected chi connectivity index (χ4v) is 3.61. The monoisotopic (exact) mass is 336 g/mol. The number of likely N-dealkylation sites (tertiary alicyclic amines) is 1. The molecule has 0 saturated carbocycles. The van der Waals surface area contributed by atoms with Crippen molar-refractivity contribution in [3.05, 3.63) is 71.3 Å². The second-order valence-corrected chi connectivity index (χ2v) is 7.04. The molecule has 1 saturated heterocycles. The summed E-state index contributed by atoms with van der Waals surface area (Å²) < 4.78 is 0. The van der Waals surface area contributed by atoms with E-state index in [2.05, 4.69) is 48.2 Å². The Morgan fingerprint density at radius 3 is 2.36 bits per heavy atom. The highest BCUT2D eigenvalue weighted by Gasteiger charge is 2.25. The molecule has 2 aromatic rings. The first kappa shape index (κ1) is 17.7. The molecule has 1 aliphatic rings. The van der Waals surface area contributed by atoms with Gasteiger partial charge < -0.3 is 9.80 Å². The van der Waals surface area contributed by atoms with Crippen molar-refractivity contribution >= 4 is 5.91 Å². The van der Waals surface area contributed by atoms with Gasteiger partial charge in [-0.15, -0.1) is 0 Å². The highest BCUT2D eigenvalue weighted by Crippen LogP contribution is 2.24. The van der Waals surface area contributed by atoms with Gasteiger partial charge in [-0.25, -0.2) is 0 Å². The Kier molecular flexibility index (Phi) is 5.87. The predicted octanol–water partition coefficient (Wildman–Crippen LogP) is 3.83. The minimum Gasteiger partial charge on any atom is -0.337 e. The van der Waals surface area contributed by atoms with Crippen LogP contribution in [0.2, 0.25) is 0 Å². The zero-order valence-electron chi connectivity index (χ0n) is 15.3. The number of carbonyl (C=O) groups is 1. The van der Waals surface area contributed by atoms with E-state index in [4.69, 9.17) is 0 Å². The van der Waals surface area contributed by atoms with Gasteiger partial charge in [0.2, 0.25) is 5.91 Å². The molecule has 0 N–H and O–H groups in total. The van der Waals surface area contributed by atoms with Gasteiger partial charge >= 0.3 is 0 Å². The summed E-state index contributed by atoms with van der Waals surface area (Å²) in [5, 5.41) is 0. The van der Waals surface area contributed by atoms with Gasteiger partial charge in [0, 0.05) is 13.6 Å². The molecule has 0 aromatic heterocycles. The molecule has 1 amide bonds. The fraction of sp³-hybridized carbons (Fsp3) is 0.409. The lowest BCUT2D eigenvalue weighted by molar-refractivity contribution is -0.131. The van der Waals surface area contributed by atoms with E-state index in [0.29, 0.717) is 6.42 Å². The first-order chi connectivity index (χ1) is 12.1. The molecule has 0 spiro atoms. The maximum atomic E-state index is 13.0. The third-order valence-electron chi connectivity index (χ3n) is 5.28. The Balaban J connectivity index is 1.76. The average Bonchev–Trinajstić information content (AvgIpc) is 3.15. The molecule has 132 valence electrons. The second kappa shape index (κ2) is 8.30. The number of carbonyl (C=O) groups excluding carboxylic acids is 1. The Hall–Kier alpha value is -2.13. The van der Waals surface area contributed by atoms with Crippen LogP contribution in [0, 0.1) is 6.92 Å². The molecule has 1 atom stereocenters. The zero-order valence-corrected chi connectivity index (χ0v) is 15.3. The van der Waals surface area contributed by atoms with Gasteiger partial charge in [0.05, 0.1) is 12.5 Å². The van der Waals surface area contributed by atoms with Crippen LogP contribution < -0.4 is 0 Å². The number of nitrogens with zero attached hydrogens (tertiary/aromatic N) is 2. The summed E-state index contributed by atoms with van der Waals surface area (Å²) in [6, 6.07) is 18.7. The van der Waals surface area contributed by atoms with E-state index in [-0.39, 0.29) is 11.9 Å². The number of aryl methyl sites for hydroxylation is 1. The van der Waals surface area contributed by atoms with Crippen LogP contribution in [-0.2, 0) is 11.2 Å². The molecule has 1 heterocycles. The van der Waals surface area contributed by atoms with E-state index in [1.54, 1.807) is 0 Å². The highest BCUT2D eigenvalue weighted by molar-refractivity contribution is 5.79. The van der Waals surface area contributed by atoms with Gasteiger partial charge in [0.1, 0.15) is 0 Å². The maximum absolute atomic E-state index is 13.0. The largest absolute Gasteiger partial charge is 0.337 e. The Labute approximate surface area is 151 Å². The molecule has 0 bridgehead atoms. The quantitative estimate of drug-likeness (QED) is 0.800. The Bertz CT molecular complexity index is 692. The van der Waals surface area contributed by atoms with E-state index in [9.17, 15) is 4.79 Å². The lowest BCUT2D eigenvalue weighted by atomic mass is 10.0. The molecular formula is C22H28N2O. The van der Waals surface area contributed by atoms with Gasteiger partial charge in [-0.05, 0) is 49.5 Å². The molecule has 3 nitrogen and oxygen atoms in total. The minimum atomic E-state index is 0.107. The van der Waals surface area contributed by atoms with Gasteiger partial charge in [0.25, 0.3) is 0 Å². The van der Waals surface area contributed by atoms with Crippen molar-refractivity contribution in [1.29, 1.82) is 0 Å². The lowest BCUT2D eigenvalue weighted by Crippen LogP contribution is -2.39. The van der Waals surface area contributed by atoms with Crippen molar-refractivity contribution in [3.63, 3.8) is 0 Å². The molecule has 25 heavy (non-hydrogen) atoms. The summed E-state index contributed by atoms with van der Waals surface area (Å²) in [4.78, 5) is 17.4. The van der Waals surface area contributed by atoms with E-state index >= 15 is 0 Å². The highest BCUT2D eigenvalue weighted by atomic mass is 16.2. The molecule has 1 unspecified atom stereocenters. The number of likely N-dealkylation sites (N-methyl/N-ethyl adjacent to an activating group) is 1. The van der Waals surface area contributed by atoms with E-state index in [0.717, 1.165) is 25.2 Å². The van der Waals surface area contributed by atoms with Gasteiger partial charge in [0.15, 0.2) is 0 Å². The first-order valence-corrected chi connectivity index (χ1v) is 9.22. The van der Waals surface area contributed by atoms with E-state index in [1.165, 1.54) is 24.0 Å². The van der Waals surface area contributed by atoms with Crippen LogP contribution in [0.25, 0.3) is 0 Å². The molecule has 0 aliphatic carbocycles. The first-order valence-electron chi connectivity index (χ1n) is 9.22. The molecule has 1 fully saturated rings. The van der Waals surface area contributed by atoms with E-state index < -0.39 is 0 Å². The molecule has 3 heteroatoms. The van der Waals surface area contributed by atoms with Gasteiger partial charge in [-0.3, -0.25) is 4.79 Å². The van der Waals surface area contributed by atoms with Crippen molar-refractivity contribution in [2.45, 2.75) is 32.2 Å². The number of hydrogen-bond donors (Lipinski definition) is 0. The number of rotatable bonds is 6. The van der Waals surface area contributed by atoms with Crippen LogP contribution in [0.15, 0.2) is 54.6 Å². The lowest BCUT2D eigenvalue weighted by Gasteiger charge is -2.32. The minimum absolute atomic E-state index is 0.107. The molecule has 0 radical (unpaired) electrons. The summed E-state index contributed by atoms with van der Waals surface area (Å²) >= 11 is 0. The average molecular weight is 336 g/mol. The van der Waals surface area contributed by atoms with E-state index in [1.807, 2.05) is 30.1 Å². The van der Waals surface area contributed by atoms with Crippen molar-refractivity contribution in [2.75, 3.05) is 26.7 Å². The van der Waals surface area contributed by atoms with Crippen LogP contribution >= 0.6 is 0 Å².